The summed E-state index contributed by atoms with van der Waals surface area (Å²) in [4.78, 5) is 35.8. The van der Waals surface area contributed by atoms with Crippen LogP contribution >= 0.6 is 0 Å². The number of nitro benzene ring substituents is 1. The number of aliphatic carboxylic acids is 1. The van der Waals surface area contributed by atoms with Gasteiger partial charge in [0.2, 0.25) is 0 Å². The van der Waals surface area contributed by atoms with Crippen molar-refractivity contribution in [1.29, 1.82) is 0 Å². The summed E-state index contributed by atoms with van der Waals surface area (Å²) in [5.74, 6) is -1.54. The molecule has 1 aromatic heterocycles. The van der Waals surface area contributed by atoms with E-state index in [4.69, 9.17) is 5.11 Å². The quantitative estimate of drug-likeness (QED) is 0.535. The predicted molar refractivity (Wildman–Crippen MR) is 93.4 cm³/mol. The maximum Gasteiger partial charge on any atom is 0.325 e. The molecule has 0 bridgehead atoms. The molecule has 0 radical (unpaired) electrons. The number of benzene rings is 1. The maximum atomic E-state index is 12.3. The molecule has 11 heteroatoms. The fourth-order valence-electron chi connectivity index (χ4n) is 2.94. The van der Waals surface area contributed by atoms with Crippen LogP contribution in [0.2, 0.25) is 0 Å². The molecule has 2 aromatic rings. The summed E-state index contributed by atoms with van der Waals surface area (Å²) in [5, 5.41) is 30.1. The fourth-order valence-corrected chi connectivity index (χ4v) is 2.94. The first kappa shape index (κ1) is 18.3. The van der Waals surface area contributed by atoms with Gasteiger partial charge < -0.3 is 15.3 Å². The number of nitro groups is 1. The zero-order chi connectivity index (χ0) is 19.4. The van der Waals surface area contributed by atoms with E-state index in [1.807, 2.05) is 4.90 Å². The van der Waals surface area contributed by atoms with Gasteiger partial charge in [0, 0.05) is 24.7 Å². The summed E-state index contributed by atoms with van der Waals surface area (Å²) < 4.78 is 1.14. The van der Waals surface area contributed by atoms with Crippen molar-refractivity contribution in [1.82, 2.24) is 20.3 Å². The molecule has 142 valence electrons. The van der Waals surface area contributed by atoms with E-state index in [1.165, 1.54) is 12.3 Å². The molecule has 1 aliphatic heterocycles. The highest BCUT2D eigenvalue weighted by atomic mass is 16.6. The van der Waals surface area contributed by atoms with Crippen LogP contribution in [0.15, 0.2) is 24.4 Å². The molecular weight excluding hydrogens is 356 g/mol. The number of hydrogen-bond donors (Lipinski definition) is 2. The normalized spacial score (nSPS) is 13.6. The molecule has 1 aliphatic rings. The molecule has 0 spiro atoms. The van der Waals surface area contributed by atoms with Crippen LogP contribution in [0.4, 0.5) is 11.4 Å². The molecular formula is C16H18N6O5. The zero-order valence-corrected chi connectivity index (χ0v) is 14.4. The molecule has 0 unspecified atom stereocenters. The first-order valence-electron chi connectivity index (χ1n) is 8.36. The summed E-state index contributed by atoms with van der Waals surface area (Å²) >= 11 is 0. The molecule has 27 heavy (non-hydrogen) atoms. The van der Waals surface area contributed by atoms with Gasteiger partial charge >= 0.3 is 5.97 Å². The number of carboxylic acids is 1. The number of anilines is 1. The fraction of sp³-hybridized carbons (Fsp3) is 0.375. The van der Waals surface area contributed by atoms with Gasteiger partial charge in [0.25, 0.3) is 11.6 Å². The number of aromatic nitrogens is 3. The highest BCUT2D eigenvalue weighted by Crippen LogP contribution is 2.31. The number of carboxylic acid groups (broad SMARTS) is 1. The summed E-state index contributed by atoms with van der Waals surface area (Å²) in [6.45, 7) is 1.22. The van der Waals surface area contributed by atoms with Crippen LogP contribution in [-0.2, 0) is 17.9 Å². The number of hydrogen-bond acceptors (Lipinski definition) is 7. The second-order valence-electron chi connectivity index (χ2n) is 6.14. The Hall–Kier alpha value is -3.50. The van der Waals surface area contributed by atoms with E-state index in [0.717, 1.165) is 30.6 Å². The second-order valence-corrected chi connectivity index (χ2v) is 6.14. The van der Waals surface area contributed by atoms with Gasteiger partial charge in [-0.05, 0) is 25.0 Å². The van der Waals surface area contributed by atoms with Gasteiger partial charge in [-0.2, -0.15) is 0 Å². The molecule has 1 aromatic carbocycles. The van der Waals surface area contributed by atoms with Crippen LogP contribution in [0.1, 0.15) is 28.9 Å². The van der Waals surface area contributed by atoms with E-state index in [-0.39, 0.29) is 24.3 Å². The van der Waals surface area contributed by atoms with Crippen molar-refractivity contribution in [2.45, 2.75) is 25.9 Å². The van der Waals surface area contributed by atoms with Crippen molar-refractivity contribution in [3.05, 3.63) is 45.8 Å². The molecule has 1 fully saturated rings. The third kappa shape index (κ3) is 4.37. The highest BCUT2D eigenvalue weighted by molar-refractivity contribution is 5.95. The van der Waals surface area contributed by atoms with E-state index in [1.54, 1.807) is 12.1 Å². The number of carbonyl (C=O) groups is 2. The van der Waals surface area contributed by atoms with Crippen molar-refractivity contribution in [3.63, 3.8) is 0 Å². The Morgan fingerprint density at radius 3 is 2.70 bits per heavy atom. The van der Waals surface area contributed by atoms with Gasteiger partial charge in [-0.25, -0.2) is 4.68 Å². The van der Waals surface area contributed by atoms with Crippen LogP contribution in [0.5, 0.6) is 0 Å². The first-order chi connectivity index (χ1) is 12.9. The lowest BCUT2D eigenvalue weighted by Crippen LogP contribution is -2.24. The molecule has 0 aliphatic carbocycles. The monoisotopic (exact) mass is 374 g/mol. The van der Waals surface area contributed by atoms with E-state index in [2.05, 4.69) is 15.6 Å². The minimum absolute atomic E-state index is 0.0279. The van der Waals surface area contributed by atoms with E-state index in [9.17, 15) is 19.7 Å². The van der Waals surface area contributed by atoms with Crippen LogP contribution < -0.4 is 10.2 Å². The van der Waals surface area contributed by atoms with Gasteiger partial charge in [-0.3, -0.25) is 19.7 Å². The van der Waals surface area contributed by atoms with Gasteiger partial charge in [0.15, 0.2) is 0 Å². The van der Waals surface area contributed by atoms with E-state index in [0.29, 0.717) is 11.4 Å². The van der Waals surface area contributed by atoms with E-state index >= 15 is 0 Å². The minimum atomic E-state index is -1.05. The van der Waals surface area contributed by atoms with Gasteiger partial charge in [0.05, 0.1) is 17.7 Å². The van der Waals surface area contributed by atoms with Gasteiger partial charge in [-0.1, -0.05) is 5.21 Å². The lowest BCUT2D eigenvalue weighted by molar-refractivity contribution is -0.384. The summed E-state index contributed by atoms with van der Waals surface area (Å²) in [6.07, 6.45) is 3.39. The largest absolute Gasteiger partial charge is 0.480 e. The van der Waals surface area contributed by atoms with Gasteiger partial charge in [0.1, 0.15) is 17.9 Å². The molecule has 0 saturated carbocycles. The summed E-state index contributed by atoms with van der Waals surface area (Å²) in [6, 6.07) is 4.42. The standard InChI is InChI=1S/C16H18N6O5/c23-15(24)10-21-9-12(18-19-21)8-17-16(25)11-3-4-13(14(7-11)22(26)27)20-5-1-2-6-20/h3-4,7,9H,1-2,5-6,8,10H2,(H,17,25)(H,23,24). The van der Waals surface area contributed by atoms with Crippen LogP contribution in [0, 0.1) is 10.1 Å². The maximum absolute atomic E-state index is 12.3. The van der Waals surface area contributed by atoms with Crippen LogP contribution in [0.3, 0.4) is 0 Å². The second kappa shape index (κ2) is 7.81. The third-order valence-electron chi connectivity index (χ3n) is 4.19. The Bertz CT molecular complexity index is 874. The molecule has 2 heterocycles. The molecule has 1 amide bonds. The molecule has 11 nitrogen and oxygen atoms in total. The average molecular weight is 374 g/mol. The predicted octanol–water partition coefficient (Wildman–Crippen LogP) is 0.801. The Morgan fingerprint density at radius 1 is 1.30 bits per heavy atom. The average Bonchev–Trinajstić information content (AvgIpc) is 3.30. The topological polar surface area (TPSA) is 143 Å². The van der Waals surface area contributed by atoms with Crippen LogP contribution in [0.25, 0.3) is 0 Å². The number of nitrogens with zero attached hydrogens (tertiary/aromatic N) is 5. The zero-order valence-electron chi connectivity index (χ0n) is 14.4. The summed E-state index contributed by atoms with van der Waals surface area (Å²) in [5.41, 5.74) is 0.970. The van der Waals surface area contributed by atoms with E-state index < -0.39 is 16.8 Å². The minimum Gasteiger partial charge on any atom is -0.480 e. The van der Waals surface area contributed by atoms with Crippen molar-refractivity contribution in [3.8, 4) is 0 Å². The smallest absolute Gasteiger partial charge is 0.325 e. The Labute approximate surface area is 153 Å². The van der Waals surface area contributed by atoms with Gasteiger partial charge in [-0.15, -0.1) is 5.10 Å². The van der Waals surface area contributed by atoms with Crippen molar-refractivity contribution < 1.29 is 19.6 Å². The highest BCUT2D eigenvalue weighted by Gasteiger charge is 2.23. The van der Waals surface area contributed by atoms with Crippen LogP contribution in [-0.4, -0.2) is 50.0 Å². The molecule has 2 N–H and O–H groups in total. The number of carbonyl (C=O) groups excluding carboxylic acids is 1. The first-order valence-corrected chi connectivity index (χ1v) is 8.36. The molecule has 1 saturated heterocycles. The number of amides is 1. The van der Waals surface area contributed by atoms with Crippen molar-refractivity contribution in [2.24, 2.45) is 0 Å². The number of rotatable bonds is 7. The Kier molecular flexibility index (Phi) is 5.29. The molecule has 0 atom stereocenters. The Morgan fingerprint density at radius 2 is 2.04 bits per heavy atom. The van der Waals surface area contributed by atoms with Crippen molar-refractivity contribution >= 4 is 23.3 Å². The summed E-state index contributed by atoms with van der Waals surface area (Å²) in [7, 11) is 0. The lowest BCUT2D eigenvalue weighted by Gasteiger charge is -2.17. The molecule has 3 rings (SSSR count). The third-order valence-corrected chi connectivity index (χ3v) is 4.19. The lowest BCUT2D eigenvalue weighted by atomic mass is 10.1. The Balaban J connectivity index is 1.69. The SMILES string of the molecule is O=C(O)Cn1cc(CNC(=O)c2ccc(N3CCCC3)c([N+](=O)[O-])c2)nn1. The number of nitrogens with one attached hydrogen (secondary N) is 1. The van der Waals surface area contributed by atoms with Crippen molar-refractivity contribution in [2.75, 3.05) is 18.0 Å².